The molecule has 1 aromatic heterocycles. The number of aliphatic hydroxyl groups is 1. The van der Waals surface area contributed by atoms with Crippen LogP contribution >= 0.6 is 0 Å². The predicted molar refractivity (Wildman–Crippen MR) is 57.4 cm³/mol. The fourth-order valence-corrected chi connectivity index (χ4v) is 1.43. The number of aliphatic hydroxyl groups excluding tert-OH is 1. The number of nitrogens with zero attached hydrogens (tertiary/aromatic N) is 3. The Kier molecular flexibility index (Phi) is 4.44. The highest BCUT2D eigenvalue weighted by atomic mass is 16.5. The molecule has 0 bridgehead atoms. The SMILES string of the molecule is CCC(C)(CC#N)Cc1nc(CCO)no1. The second-order valence-corrected chi connectivity index (χ2v) is 4.25. The van der Waals surface area contributed by atoms with Gasteiger partial charge in [-0.3, -0.25) is 0 Å². The summed E-state index contributed by atoms with van der Waals surface area (Å²) in [6.07, 6.45) is 2.37. The van der Waals surface area contributed by atoms with Crippen LogP contribution < -0.4 is 0 Å². The van der Waals surface area contributed by atoms with Crippen LogP contribution in [0.25, 0.3) is 0 Å². The Bertz CT molecular complexity index is 370. The summed E-state index contributed by atoms with van der Waals surface area (Å²) in [5.41, 5.74) is -0.113. The van der Waals surface area contributed by atoms with Crippen LogP contribution in [-0.4, -0.2) is 21.9 Å². The van der Waals surface area contributed by atoms with Crippen LogP contribution in [0.3, 0.4) is 0 Å². The molecule has 1 unspecified atom stereocenters. The highest BCUT2D eigenvalue weighted by molar-refractivity contribution is 4.94. The van der Waals surface area contributed by atoms with Crippen molar-refractivity contribution in [2.75, 3.05) is 6.61 Å². The first-order chi connectivity index (χ1) is 7.63. The van der Waals surface area contributed by atoms with Gasteiger partial charge in [0.2, 0.25) is 5.89 Å². The summed E-state index contributed by atoms with van der Waals surface area (Å²) in [4.78, 5) is 4.17. The molecule has 0 spiro atoms. The van der Waals surface area contributed by atoms with Crippen molar-refractivity contribution in [3.05, 3.63) is 11.7 Å². The maximum Gasteiger partial charge on any atom is 0.227 e. The molecule has 0 aliphatic rings. The zero-order valence-electron chi connectivity index (χ0n) is 9.73. The van der Waals surface area contributed by atoms with E-state index in [0.29, 0.717) is 31.0 Å². The van der Waals surface area contributed by atoms with Gasteiger partial charge in [0.15, 0.2) is 5.82 Å². The lowest BCUT2D eigenvalue weighted by Gasteiger charge is -2.22. The lowest BCUT2D eigenvalue weighted by Crippen LogP contribution is -2.18. The zero-order chi connectivity index (χ0) is 12.0. The summed E-state index contributed by atoms with van der Waals surface area (Å²) >= 11 is 0. The minimum Gasteiger partial charge on any atom is -0.396 e. The second-order valence-electron chi connectivity index (χ2n) is 4.25. The zero-order valence-corrected chi connectivity index (χ0v) is 9.73. The molecule has 0 saturated carbocycles. The molecule has 1 atom stereocenters. The summed E-state index contributed by atoms with van der Waals surface area (Å²) in [6, 6.07) is 2.18. The summed E-state index contributed by atoms with van der Waals surface area (Å²) in [6.45, 7) is 4.09. The highest BCUT2D eigenvalue weighted by Gasteiger charge is 2.25. The Labute approximate surface area is 95.1 Å². The quantitative estimate of drug-likeness (QED) is 0.789. The maximum absolute atomic E-state index is 8.75. The van der Waals surface area contributed by atoms with Crippen LogP contribution in [-0.2, 0) is 12.8 Å². The normalized spacial score (nSPS) is 14.4. The van der Waals surface area contributed by atoms with E-state index >= 15 is 0 Å². The van der Waals surface area contributed by atoms with E-state index in [1.54, 1.807) is 0 Å². The van der Waals surface area contributed by atoms with Gasteiger partial charge in [-0.2, -0.15) is 10.2 Å². The fraction of sp³-hybridized carbons (Fsp3) is 0.727. The molecule has 5 heteroatoms. The monoisotopic (exact) mass is 223 g/mol. The van der Waals surface area contributed by atoms with Gasteiger partial charge in [-0.25, -0.2) is 0 Å². The molecule has 1 heterocycles. The number of rotatable bonds is 6. The lowest BCUT2D eigenvalue weighted by molar-refractivity contribution is 0.264. The van der Waals surface area contributed by atoms with Gasteiger partial charge in [-0.15, -0.1) is 0 Å². The average molecular weight is 223 g/mol. The Morgan fingerprint density at radius 1 is 1.56 bits per heavy atom. The van der Waals surface area contributed by atoms with Crippen molar-refractivity contribution in [1.29, 1.82) is 5.26 Å². The number of nitriles is 1. The predicted octanol–water partition coefficient (Wildman–Crippen LogP) is 1.48. The van der Waals surface area contributed by atoms with Crippen LogP contribution in [0.5, 0.6) is 0 Å². The standard InChI is InChI=1S/C11H17N3O2/c1-3-11(2,5-6-12)8-10-13-9(4-7-15)14-16-10/h15H,3-5,7-8H2,1-2H3. The van der Waals surface area contributed by atoms with Crippen molar-refractivity contribution in [3.63, 3.8) is 0 Å². The van der Waals surface area contributed by atoms with E-state index in [1.165, 1.54) is 0 Å². The summed E-state index contributed by atoms with van der Waals surface area (Å²) < 4.78 is 5.08. The smallest absolute Gasteiger partial charge is 0.227 e. The Morgan fingerprint density at radius 2 is 2.31 bits per heavy atom. The summed E-state index contributed by atoms with van der Waals surface area (Å²) in [5, 5.41) is 21.2. The van der Waals surface area contributed by atoms with Gasteiger partial charge in [0.1, 0.15) is 0 Å². The van der Waals surface area contributed by atoms with E-state index in [9.17, 15) is 0 Å². The third kappa shape index (κ3) is 3.31. The number of hydrogen-bond donors (Lipinski definition) is 1. The largest absolute Gasteiger partial charge is 0.396 e. The minimum absolute atomic E-state index is 0.0161. The molecule has 0 aliphatic carbocycles. The van der Waals surface area contributed by atoms with E-state index in [1.807, 2.05) is 13.8 Å². The molecule has 1 rings (SSSR count). The van der Waals surface area contributed by atoms with Crippen LogP contribution in [0.15, 0.2) is 4.52 Å². The molecule has 0 amide bonds. The van der Waals surface area contributed by atoms with Crippen LogP contribution in [0, 0.1) is 16.7 Å². The first kappa shape index (κ1) is 12.7. The van der Waals surface area contributed by atoms with Gasteiger partial charge >= 0.3 is 0 Å². The molecular formula is C11H17N3O2. The van der Waals surface area contributed by atoms with Crippen molar-refractivity contribution in [3.8, 4) is 6.07 Å². The van der Waals surface area contributed by atoms with E-state index in [-0.39, 0.29) is 12.0 Å². The molecular weight excluding hydrogens is 206 g/mol. The molecule has 16 heavy (non-hydrogen) atoms. The van der Waals surface area contributed by atoms with Crippen LogP contribution in [0.2, 0.25) is 0 Å². The molecule has 0 saturated heterocycles. The molecule has 1 aromatic rings. The van der Waals surface area contributed by atoms with E-state index < -0.39 is 0 Å². The van der Waals surface area contributed by atoms with Crippen molar-refractivity contribution >= 4 is 0 Å². The molecule has 0 radical (unpaired) electrons. The Hall–Kier alpha value is -1.41. The first-order valence-electron chi connectivity index (χ1n) is 5.43. The fourth-order valence-electron chi connectivity index (χ4n) is 1.43. The molecule has 0 aliphatic heterocycles. The number of hydrogen-bond acceptors (Lipinski definition) is 5. The van der Waals surface area contributed by atoms with E-state index in [4.69, 9.17) is 14.9 Å². The van der Waals surface area contributed by atoms with Gasteiger partial charge in [-0.1, -0.05) is 19.0 Å². The molecule has 0 fully saturated rings. The van der Waals surface area contributed by atoms with Gasteiger partial charge in [0.05, 0.1) is 12.7 Å². The van der Waals surface area contributed by atoms with Crippen molar-refractivity contribution < 1.29 is 9.63 Å². The van der Waals surface area contributed by atoms with Crippen LogP contribution in [0.4, 0.5) is 0 Å². The molecule has 5 nitrogen and oxygen atoms in total. The minimum atomic E-state index is -0.113. The van der Waals surface area contributed by atoms with Gasteiger partial charge in [-0.05, 0) is 11.8 Å². The van der Waals surface area contributed by atoms with Crippen LogP contribution in [0.1, 0.15) is 38.4 Å². The average Bonchev–Trinajstić information content (AvgIpc) is 2.66. The lowest BCUT2D eigenvalue weighted by atomic mass is 9.81. The molecule has 0 aromatic carbocycles. The number of aromatic nitrogens is 2. The summed E-state index contributed by atoms with van der Waals surface area (Å²) in [7, 11) is 0. The summed E-state index contributed by atoms with van der Waals surface area (Å²) in [5.74, 6) is 1.07. The highest BCUT2D eigenvalue weighted by Crippen LogP contribution is 2.29. The van der Waals surface area contributed by atoms with Crippen molar-refractivity contribution in [2.45, 2.75) is 39.5 Å². The van der Waals surface area contributed by atoms with Gasteiger partial charge in [0.25, 0.3) is 0 Å². The van der Waals surface area contributed by atoms with Gasteiger partial charge in [0, 0.05) is 19.3 Å². The first-order valence-corrected chi connectivity index (χ1v) is 5.43. The third-order valence-corrected chi connectivity index (χ3v) is 2.78. The Morgan fingerprint density at radius 3 is 2.88 bits per heavy atom. The third-order valence-electron chi connectivity index (χ3n) is 2.78. The van der Waals surface area contributed by atoms with Crippen molar-refractivity contribution in [2.24, 2.45) is 5.41 Å². The second kappa shape index (κ2) is 5.61. The topological polar surface area (TPSA) is 82.9 Å². The van der Waals surface area contributed by atoms with Gasteiger partial charge < -0.3 is 9.63 Å². The maximum atomic E-state index is 8.75. The van der Waals surface area contributed by atoms with Crippen molar-refractivity contribution in [1.82, 2.24) is 10.1 Å². The molecule has 1 N–H and O–H groups in total. The van der Waals surface area contributed by atoms with E-state index in [2.05, 4.69) is 16.2 Å². The molecule has 88 valence electrons. The Balaban J connectivity index is 2.67. The van der Waals surface area contributed by atoms with E-state index in [0.717, 1.165) is 6.42 Å².